The van der Waals surface area contributed by atoms with Gasteiger partial charge in [0, 0.05) is 18.0 Å². The third-order valence-electron chi connectivity index (χ3n) is 4.63. The van der Waals surface area contributed by atoms with Crippen LogP contribution < -0.4 is 5.32 Å². The number of nitrogens with one attached hydrogen (secondary N) is 1. The molecule has 1 N–H and O–H groups in total. The Balaban J connectivity index is 0.00000225. The molecule has 25 heavy (non-hydrogen) atoms. The zero-order chi connectivity index (χ0) is 17.1. The predicted octanol–water partition coefficient (Wildman–Crippen LogP) is 4.36. The van der Waals surface area contributed by atoms with Crippen LogP contribution in [-0.4, -0.2) is 37.5 Å². The first-order chi connectivity index (χ1) is 11.6. The maximum Gasteiger partial charge on any atom is 0.263 e. The summed E-state index contributed by atoms with van der Waals surface area (Å²) in [5, 5.41) is 3.22. The summed E-state index contributed by atoms with van der Waals surface area (Å²) in [6, 6.07) is 8.42. The second-order valence-corrected chi connectivity index (χ2v) is 7.48. The van der Waals surface area contributed by atoms with E-state index in [-0.39, 0.29) is 24.1 Å². The van der Waals surface area contributed by atoms with Crippen LogP contribution in [-0.2, 0) is 0 Å². The van der Waals surface area contributed by atoms with Crippen LogP contribution in [0.3, 0.4) is 0 Å². The number of halogens is 2. The van der Waals surface area contributed by atoms with Gasteiger partial charge in [-0.1, -0.05) is 12.1 Å². The van der Waals surface area contributed by atoms with Gasteiger partial charge in [-0.2, -0.15) is 0 Å². The fraction of sp³-hybridized carbons (Fsp3) is 0.421. The van der Waals surface area contributed by atoms with Crippen molar-refractivity contribution >= 4 is 29.7 Å². The van der Waals surface area contributed by atoms with E-state index in [2.05, 4.69) is 5.32 Å². The molecule has 0 aliphatic carbocycles. The molecule has 3 nitrogen and oxygen atoms in total. The van der Waals surface area contributed by atoms with Gasteiger partial charge < -0.3 is 10.2 Å². The van der Waals surface area contributed by atoms with Gasteiger partial charge in [0.2, 0.25) is 0 Å². The Morgan fingerprint density at radius 2 is 1.92 bits per heavy atom. The Morgan fingerprint density at radius 3 is 2.52 bits per heavy atom. The van der Waals surface area contributed by atoms with E-state index in [0.29, 0.717) is 5.92 Å². The minimum Gasteiger partial charge on any atom is -0.338 e. The van der Waals surface area contributed by atoms with Crippen molar-refractivity contribution in [1.82, 2.24) is 10.2 Å². The largest absolute Gasteiger partial charge is 0.338 e. The van der Waals surface area contributed by atoms with Gasteiger partial charge in [-0.15, -0.1) is 23.7 Å². The molecule has 0 unspecified atom stereocenters. The topological polar surface area (TPSA) is 32.3 Å². The second kappa shape index (κ2) is 8.79. The molecule has 1 aliphatic heterocycles. The number of piperidine rings is 1. The van der Waals surface area contributed by atoms with Crippen LogP contribution in [0.2, 0.25) is 0 Å². The number of hydrogen-bond donors (Lipinski definition) is 1. The number of amides is 1. The van der Waals surface area contributed by atoms with Crippen molar-refractivity contribution in [2.24, 2.45) is 5.92 Å². The van der Waals surface area contributed by atoms with E-state index in [1.807, 2.05) is 24.9 Å². The Labute approximate surface area is 158 Å². The number of carbonyl (C=O) groups excluding carboxylic acids is 1. The van der Waals surface area contributed by atoms with Crippen LogP contribution in [0.1, 0.15) is 28.1 Å². The summed E-state index contributed by atoms with van der Waals surface area (Å²) in [5.74, 6) is 0.548. The number of carbonyl (C=O) groups is 1. The molecule has 136 valence electrons. The zero-order valence-corrected chi connectivity index (χ0v) is 16.2. The van der Waals surface area contributed by atoms with Gasteiger partial charge in [-0.05, 0) is 68.6 Å². The minimum atomic E-state index is -0.242. The molecule has 2 aromatic rings. The van der Waals surface area contributed by atoms with Crippen molar-refractivity contribution in [2.75, 3.05) is 26.7 Å². The van der Waals surface area contributed by atoms with Crippen LogP contribution >= 0.6 is 23.7 Å². The van der Waals surface area contributed by atoms with E-state index in [9.17, 15) is 9.18 Å². The summed E-state index contributed by atoms with van der Waals surface area (Å²) in [4.78, 5) is 16.6. The molecule has 6 heteroatoms. The SMILES string of the molecule is CNCC1CCN(C(=O)c2cc(C)c(-c3ccc(F)cc3)s2)CC1.Cl. The van der Waals surface area contributed by atoms with Gasteiger partial charge in [0.15, 0.2) is 0 Å². The molecule has 0 atom stereocenters. The molecule has 0 saturated carbocycles. The lowest BCUT2D eigenvalue weighted by atomic mass is 9.97. The Kier molecular flexibility index (Phi) is 6.99. The number of benzene rings is 1. The first kappa shape index (κ1) is 19.9. The normalized spacial score (nSPS) is 15.1. The molecular formula is C19H24ClFN2OS. The average Bonchev–Trinajstić information content (AvgIpc) is 2.98. The standard InChI is InChI=1S/C19H23FN2OS.ClH/c1-13-11-17(24-18(13)15-3-5-16(20)6-4-15)19(23)22-9-7-14(8-10-22)12-21-2;/h3-6,11,14,21H,7-10,12H2,1-2H3;1H. The smallest absolute Gasteiger partial charge is 0.263 e. The van der Waals surface area contributed by atoms with Crippen molar-refractivity contribution in [3.63, 3.8) is 0 Å². The molecule has 1 saturated heterocycles. The molecule has 0 spiro atoms. The Bertz CT molecular complexity index is 709. The maximum atomic E-state index is 13.1. The lowest BCUT2D eigenvalue weighted by Crippen LogP contribution is -2.40. The highest BCUT2D eigenvalue weighted by molar-refractivity contribution is 7.17. The third kappa shape index (κ3) is 4.60. The van der Waals surface area contributed by atoms with Crippen molar-refractivity contribution in [2.45, 2.75) is 19.8 Å². The zero-order valence-electron chi connectivity index (χ0n) is 14.5. The number of aryl methyl sites for hydroxylation is 1. The van der Waals surface area contributed by atoms with Gasteiger partial charge in [0.25, 0.3) is 5.91 Å². The number of nitrogens with zero attached hydrogens (tertiary/aromatic N) is 1. The highest BCUT2D eigenvalue weighted by Crippen LogP contribution is 2.33. The summed E-state index contributed by atoms with van der Waals surface area (Å²) in [5.41, 5.74) is 2.03. The van der Waals surface area contributed by atoms with Crippen LogP contribution in [0.5, 0.6) is 0 Å². The van der Waals surface area contributed by atoms with Gasteiger partial charge in [0.05, 0.1) is 4.88 Å². The molecule has 2 heterocycles. The molecule has 0 bridgehead atoms. The highest BCUT2D eigenvalue weighted by atomic mass is 35.5. The van der Waals surface area contributed by atoms with Gasteiger partial charge in [-0.25, -0.2) is 4.39 Å². The van der Waals surface area contributed by atoms with Gasteiger partial charge in [-0.3, -0.25) is 4.79 Å². The van der Waals surface area contributed by atoms with Crippen molar-refractivity contribution in [3.8, 4) is 10.4 Å². The molecule has 1 fully saturated rings. The van der Waals surface area contributed by atoms with Crippen LogP contribution in [0.15, 0.2) is 30.3 Å². The molecule has 1 aromatic heterocycles. The monoisotopic (exact) mass is 382 g/mol. The van der Waals surface area contributed by atoms with E-state index >= 15 is 0 Å². The van der Waals surface area contributed by atoms with Crippen LogP contribution in [0.4, 0.5) is 4.39 Å². The number of rotatable bonds is 4. The number of hydrogen-bond acceptors (Lipinski definition) is 3. The van der Waals surface area contributed by atoms with E-state index < -0.39 is 0 Å². The number of thiophene rings is 1. The summed E-state index contributed by atoms with van der Waals surface area (Å²) in [7, 11) is 1.98. The lowest BCUT2D eigenvalue weighted by molar-refractivity contribution is 0.0696. The van der Waals surface area contributed by atoms with Gasteiger partial charge >= 0.3 is 0 Å². The van der Waals surface area contributed by atoms with Crippen molar-refractivity contribution < 1.29 is 9.18 Å². The number of likely N-dealkylation sites (tertiary alicyclic amines) is 1. The summed E-state index contributed by atoms with van der Waals surface area (Å²) >= 11 is 1.51. The van der Waals surface area contributed by atoms with E-state index in [4.69, 9.17) is 0 Å². The lowest BCUT2D eigenvalue weighted by Gasteiger charge is -2.31. The van der Waals surface area contributed by atoms with Crippen LogP contribution in [0, 0.1) is 18.7 Å². The second-order valence-electron chi connectivity index (χ2n) is 6.42. The molecule has 1 aliphatic rings. The fourth-order valence-electron chi connectivity index (χ4n) is 3.26. The summed E-state index contributed by atoms with van der Waals surface area (Å²) < 4.78 is 13.1. The summed E-state index contributed by atoms with van der Waals surface area (Å²) in [6.45, 7) is 4.68. The summed E-state index contributed by atoms with van der Waals surface area (Å²) in [6.07, 6.45) is 2.11. The van der Waals surface area contributed by atoms with E-state index in [1.54, 1.807) is 12.1 Å². The van der Waals surface area contributed by atoms with E-state index in [0.717, 1.165) is 53.4 Å². The van der Waals surface area contributed by atoms with Crippen molar-refractivity contribution in [3.05, 3.63) is 46.6 Å². The van der Waals surface area contributed by atoms with Crippen molar-refractivity contribution in [1.29, 1.82) is 0 Å². The maximum absolute atomic E-state index is 13.1. The highest BCUT2D eigenvalue weighted by Gasteiger charge is 2.25. The molecule has 0 radical (unpaired) electrons. The predicted molar refractivity (Wildman–Crippen MR) is 104 cm³/mol. The third-order valence-corrected chi connectivity index (χ3v) is 5.90. The Hall–Kier alpha value is -1.43. The first-order valence-electron chi connectivity index (χ1n) is 8.38. The molecular weight excluding hydrogens is 359 g/mol. The van der Waals surface area contributed by atoms with Crippen LogP contribution in [0.25, 0.3) is 10.4 Å². The quantitative estimate of drug-likeness (QED) is 0.852. The minimum absolute atomic E-state index is 0. The Morgan fingerprint density at radius 1 is 1.28 bits per heavy atom. The molecule has 3 rings (SSSR count). The van der Waals surface area contributed by atoms with E-state index in [1.165, 1.54) is 23.5 Å². The first-order valence-corrected chi connectivity index (χ1v) is 9.20. The van der Waals surface area contributed by atoms with Gasteiger partial charge in [0.1, 0.15) is 5.82 Å². The average molecular weight is 383 g/mol. The molecule has 1 aromatic carbocycles. The molecule has 1 amide bonds. The fourth-order valence-corrected chi connectivity index (χ4v) is 4.41.